The minimum Gasteiger partial charge on any atom is -0.495 e. The number of hydrogen-bond donors (Lipinski definition) is 1. The Balaban J connectivity index is 1.78. The second-order valence-electron chi connectivity index (χ2n) is 10.0. The number of ether oxygens (including phenoxy) is 1. The van der Waals surface area contributed by atoms with Crippen molar-refractivity contribution in [1.29, 1.82) is 0 Å². The van der Waals surface area contributed by atoms with Crippen molar-refractivity contribution < 1.29 is 22.7 Å². The second-order valence-corrected chi connectivity index (χ2v) is 11.9. The van der Waals surface area contributed by atoms with Crippen molar-refractivity contribution in [3.8, 4) is 5.75 Å². The van der Waals surface area contributed by atoms with Crippen molar-refractivity contribution >= 4 is 27.5 Å². The summed E-state index contributed by atoms with van der Waals surface area (Å²) in [5, 5.41) is 2.87. The van der Waals surface area contributed by atoms with Crippen LogP contribution in [0.15, 0.2) is 23.1 Å². The first kappa shape index (κ1) is 25.5. The predicted octanol–water partition coefficient (Wildman–Crippen LogP) is 3.48. The molecular weight excluding hydrogens is 442 g/mol. The number of nitrogens with one attached hydrogen (secondary N) is 1. The van der Waals surface area contributed by atoms with Crippen LogP contribution in [0.2, 0.25) is 0 Å². The van der Waals surface area contributed by atoms with Crippen molar-refractivity contribution in [2.75, 3.05) is 38.6 Å². The third kappa shape index (κ3) is 6.06. The van der Waals surface area contributed by atoms with Crippen LogP contribution in [0, 0.1) is 11.3 Å². The fraction of sp³-hybridized carbons (Fsp3) is 0.667. The van der Waals surface area contributed by atoms with Gasteiger partial charge in [-0.25, -0.2) is 8.42 Å². The first-order valence-electron chi connectivity index (χ1n) is 11.8. The normalized spacial score (nSPS) is 20.7. The van der Waals surface area contributed by atoms with Gasteiger partial charge in [-0.1, -0.05) is 33.6 Å². The van der Waals surface area contributed by atoms with Gasteiger partial charge in [0.05, 0.1) is 23.6 Å². The number of amides is 2. The highest BCUT2D eigenvalue weighted by molar-refractivity contribution is 7.89. The van der Waals surface area contributed by atoms with Gasteiger partial charge in [0.1, 0.15) is 5.75 Å². The molecule has 2 aliphatic rings. The lowest BCUT2D eigenvalue weighted by atomic mass is 9.91. The third-order valence-electron chi connectivity index (χ3n) is 6.35. The average molecular weight is 480 g/mol. The van der Waals surface area contributed by atoms with Crippen LogP contribution < -0.4 is 10.1 Å². The third-order valence-corrected chi connectivity index (χ3v) is 8.25. The van der Waals surface area contributed by atoms with Gasteiger partial charge >= 0.3 is 0 Å². The van der Waals surface area contributed by atoms with E-state index in [4.69, 9.17) is 4.74 Å². The Kier molecular flexibility index (Phi) is 8.05. The number of likely N-dealkylation sites (tertiary alicyclic amines) is 1. The average Bonchev–Trinajstić information content (AvgIpc) is 3.08. The molecule has 1 atom stereocenters. The zero-order chi connectivity index (χ0) is 24.2. The Bertz CT molecular complexity index is 963. The molecule has 2 aliphatic heterocycles. The van der Waals surface area contributed by atoms with Crippen molar-refractivity contribution in [3.05, 3.63) is 18.2 Å². The number of carbonyl (C=O) groups is 2. The number of sulfonamides is 1. The number of benzene rings is 1. The molecular formula is C24H37N3O5S. The van der Waals surface area contributed by atoms with Crippen LogP contribution in [0.4, 0.5) is 5.69 Å². The van der Waals surface area contributed by atoms with Crippen LogP contribution >= 0.6 is 0 Å². The van der Waals surface area contributed by atoms with Crippen molar-refractivity contribution in [2.24, 2.45) is 11.3 Å². The van der Waals surface area contributed by atoms with Gasteiger partial charge in [0.25, 0.3) is 0 Å². The number of carbonyl (C=O) groups excluding carboxylic acids is 2. The molecule has 0 aromatic heterocycles. The fourth-order valence-corrected chi connectivity index (χ4v) is 6.00. The van der Waals surface area contributed by atoms with Gasteiger partial charge in [0.15, 0.2) is 0 Å². The lowest BCUT2D eigenvalue weighted by molar-refractivity contribution is -0.142. The summed E-state index contributed by atoms with van der Waals surface area (Å²) in [7, 11) is -2.17. The van der Waals surface area contributed by atoms with E-state index in [1.54, 1.807) is 11.0 Å². The van der Waals surface area contributed by atoms with Crippen molar-refractivity contribution in [2.45, 2.75) is 64.2 Å². The highest BCUT2D eigenvalue weighted by Crippen LogP contribution is 2.31. The van der Waals surface area contributed by atoms with Gasteiger partial charge in [-0.3, -0.25) is 9.59 Å². The van der Waals surface area contributed by atoms with E-state index in [1.807, 2.05) is 20.8 Å². The molecule has 184 valence electrons. The quantitative estimate of drug-likeness (QED) is 0.698. The SMILES string of the molecule is COc1ccc(S(=O)(=O)N2CCCCCC2)cc1NC(=O)C1CCCN(C(=O)C(C)(C)C)C1. The summed E-state index contributed by atoms with van der Waals surface area (Å²) in [5.41, 5.74) is -0.171. The van der Waals surface area contributed by atoms with E-state index in [1.165, 1.54) is 23.5 Å². The smallest absolute Gasteiger partial charge is 0.243 e. The van der Waals surface area contributed by atoms with Crippen LogP contribution in [0.3, 0.4) is 0 Å². The molecule has 2 heterocycles. The zero-order valence-corrected chi connectivity index (χ0v) is 21.0. The number of piperidine rings is 1. The molecule has 0 spiro atoms. The molecule has 9 heteroatoms. The molecule has 3 rings (SSSR count). The fourth-order valence-electron chi connectivity index (χ4n) is 4.46. The standard InChI is InChI=1S/C24H37N3O5S/c1-24(2,3)23(29)26-13-9-10-18(17-26)22(28)25-20-16-19(11-12-21(20)32-4)33(30,31)27-14-7-5-6-8-15-27/h11-12,16,18H,5-10,13-15,17H2,1-4H3,(H,25,28). The highest BCUT2D eigenvalue weighted by Gasteiger charge is 2.34. The Morgan fingerprint density at radius 2 is 1.70 bits per heavy atom. The number of methoxy groups -OCH3 is 1. The Morgan fingerprint density at radius 3 is 2.30 bits per heavy atom. The summed E-state index contributed by atoms with van der Waals surface area (Å²) in [6, 6.07) is 4.59. The molecule has 33 heavy (non-hydrogen) atoms. The monoisotopic (exact) mass is 479 g/mol. The number of rotatable bonds is 5. The van der Waals surface area contributed by atoms with Crippen LogP contribution in [0.5, 0.6) is 5.75 Å². The van der Waals surface area contributed by atoms with Crippen molar-refractivity contribution in [3.63, 3.8) is 0 Å². The summed E-state index contributed by atoms with van der Waals surface area (Å²) < 4.78 is 33.4. The lowest BCUT2D eigenvalue weighted by Crippen LogP contribution is -2.47. The molecule has 0 bridgehead atoms. The van der Waals surface area contributed by atoms with Gasteiger partial charge in [-0.2, -0.15) is 4.31 Å². The summed E-state index contributed by atoms with van der Waals surface area (Å²) in [5.74, 6) is -0.163. The van der Waals surface area contributed by atoms with Gasteiger partial charge in [0, 0.05) is 31.6 Å². The molecule has 2 amide bonds. The van der Waals surface area contributed by atoms with E-state index in [9.17, 15) is 18.0 Å². The van der Waals surface area contributed by atoms with Crippen LogP contribution in [0.25, 0.3) is 0 Å². The molecule has 1 aromatic rings. The van der Waals surface area contributed by atoms with E-state index in [-0.39, 0.29) is 22.6 Å². The minimum absolute atomic E-state index is 0.0307. The van der Waals surface area contributed by atoms with E-state index in [0.29, 0.717) is 44.0 Å². The summed E-state index contributed by atoms with van der Waals surface area (Å²) >= 11 is 0. The minimum atomic E-state index is -3.66. The topological polar surface area (TPSA) is 96.0 Å². The van der Waals surface area contributed by atoms with Gasteiger partial charge < -0.3 is 15.0 Å². The number of hydrogen-bond acceptors (Lipinski definition) is 5. The van der Waals surface area contributed by atoms with Crippen LogP contribution in [-0.2, 0) is 19.6 Å². The maximum Gasteiger partial charge on any atom is 0.243 e. The lowest BCUT2D eigenvalue weighted by Gasteiger charge is -2.36. The molecule has 1 N–H and O–H groups in total. The van der Waals surface area contributed by atoms with E-state index >= 15 is 0 Å². The largest absolute Gasteiger partial charge is 0.495 e. The number of nitrogens with zero attached hydrogens (tertiary/aromatic N) is 2. The van der Waals surface area contributed by atoms with Crippen LogP contribution in [0.1, 0.15) is 59.3 Å². The van der Waals surface area contributed by atoms with E-state index in [2.05, 4.69) is 5.32 Å². The maximum atomic E-state index is 13.2. The van der Waals surface area contributed by atoms with E-state index in [0.717, 1.165) is 32.1 Å². The molecule has 8 nitrogen and oxygen atoms in total. The Labute approximate surface area is 197 Å². The molecule has 0 radical (unpaired) electrons. The first-order valence-corrected chi connectivity index (χ1v) is 13.3. The summed E-state index contributed by atoms with van der Waals surface area (Å²) in [6.07, 6.45) is 5.20. The number of anilines is 1. The molecule has 1 aromatic carbocycles. The zero-order valence-electron chi connectivity index (χ0n) is 20.2. The van der Waals surface area contributed by atoms with Gasteiger partial charge in [-0.15, -0.1) is 0 Å². The molecule has 0 saturated carbocycles. The first-order chi connectivity index (χ1) is 15.5. The molecule has 2 fully saturated rings. The van der Waals surface area contributed by atoms with Gasteiger partial charge in [-0.05, 0) is 43.9 Å². The molecule has 1 unspecified atom stereocenters. The van der Waals surface area contributed by atoms with Gasteiger partial charge in [0.2, 0.25) is 21.8 Å². The highest BCUT2D eigenvalue weighted by atomic mass is 32.2. The van der Waals surface area contributed by atoms with E-state index < -0.39 is 15.4 Å². The molecule has 2 saturated heterocycles. The maximum absolute atomic E-state index is 13.2. The summed E-state index contributed by atoms with van der Waals surface area (Å²) in [6.45, 7) is 7.65. The molecule has 0 aliphatic carbocycles. The summed E-state index contributed by atoms with van der Waals surface area (Å²) in [4.78, 5) is 27.7. The van der Waals surface area contributed by atoms with Crippen molar-refractivity contribution in [1.82, 2.24) is 9.21 Å². The second kappa shape index (κ2) is 10.4. The Morgan fingerprint density at radius 1 is 1.03 bits per heavy atom. The van der Waals surface area contributed by atoms with Crippen LogP contribution in [-0.4, -0.2) is 62.7 Å². The predicted molar refractivity (Wildman–Crippen MR) is 128 cm³/mol. The Hall–Kier alpha value is -2.13.